The van der Waals surface area contributed by atoms with Crippen LogP contribution in [0.2, 0.25) is 0 Å². The van der Waals surface area contributed by atoms with Gasteiger partial charge in [-0.1, -0.05) is 12.1 Å². The van der Waals surface area contributed by atoms with E-state index in [1.54, 1.807) is 6.92 Å². The van der Waals surface area contributed by atoms with Crippen LogP contribution in [0, 0.1) is 5.92 Å². The average molecular weight is 304 g/mol. The van der Waals surface area contributed by atoms with E-state index in [2.05, 4.69) is 10.2 Å². The second-order valence-electron chi connectivity index (χ2n) is 5.95. The molecule has 0 radical (unpaired) electrons. The molecule has 1 aromatic rings. The van der Waals surface area contributed by atoms with Crippen molar-refractivity contribution < 1.29 is 9.59 Å². The third kappa shape index (κ3) is 4.54. The summed E-state index contributed by atoms with van der Waals surface area (Å²) in [6.07, 6.45) is 1.88. The van der Waals surface area contributed by atoms with Crippen LogP contribution in [0.4, 0.5) is 5.69 Å². The van der Waals surface area contributed by atoms with Gasteiger partial charge >= 0.3 is 0 Å². The number of nitrogens with one attached hydrogen (secondary N) is 1. The third-order valence-corrected chi connectivity index (χ3v) is 3.95. The standard InChI is InChI=1S/C16H24N4O2/c1-11(17)16(22)19-14-6-4-12(5-7-14)9-20-8-2-3-13(10-20)15(18)21/h4-7,11,13H,2-3,8-10,17H2,1H3,(H2,18,21)(H,19,22)/t11-,13?/m1/s1. The molecular formula is C16H24N4O2. The van der Waals surface area contributed by atoms with E-state index in [1.165, 1.54) is 0 Å². The Labute approximate surface area is 130 Å². The van der Waals surface area contributed by atoms with Crippen molar-refractivity contribution in [3.05, 3.63) is 29.8 Å². The Morgan fingerprint density at radius 2 is 2.05 bits per heavy atom. The van der Waals surface area contributed by atoms with Crippen molar-refractivity contribution in [2.24, 2.45) is 17.4 Å². The zero-order valence-corrected chi connectivity index (χ0v) is 12.9. The molecule has 1 heterocycles. The molecule has 6 heteroatoms. The fraction of sp³-hybridized carbons (Fsp3) is 0.500. The van der Waals surface area contributed by atoms with Gasteiger partial charge in [-0.2, -0.15) is 0 Å². The number of nitrogens with zero attached hydrogens (tertiary/aromatic N) is 1. The molecule has 2 atom stereocenters. The van der Waals surface area contributed by atoms with Gasteiger partial charge in [0, 0.05) is 18.8 Å². The first-order chi connectivity index (χ1) is 10.5. The van der Waals surface area contributed by atoms with Crippen LogP contribution in [0.1, 0.15) is 25.3 Å². The lowest BCUT2D eigenvalue weighted by atomic mass is 9.97. The molecule has 0 aliphatic carbocycles. The van der Waals surface area contributed by atoms with Gasteiger partial charge in [-0.3, -0.25) is 14.5 Å². The maximum atomic E-state index is 11.5. The van der Waals surface area contributed by atoms with Gasteiger partial charge in [-0.25, -0.2) is 0 Å². The number of likely N-dealkylation sites (tertiary alicyclic amines) is 1. The highest BCUT2D eigenvalue weighted by Gasteiger charge is 2.23. The molecule has 1 aliphatic rings. The molecule has 0 spiro atoms. The zero-order chi connectivity index (χ0) is 16.1. The summed E-state index contributed by atoms with van der Waals surface area (Å²) < 4.78 is 0. The van der Waals surface area contributed by atoms with E-state index >= 15 is 0 Å². The summed E-state index contributed by atoms with van der Waals surface area (Å²) in [6, 6.07) is 7.16. The second kappa shape index (κ2) is 7.38. The highest BCUT2D eigenvalue weighted by Crippen LogP contribution is 2.19. The Balaban J connectivity index is 1.91. The van der Waals surface area contributed by atoms with Crippen LogP contribution in [0.15, 0.2) is 24.3 Å². The lowest BCUT2D eigenvalue weighted by Gasteiger charge is -2.31. The van der Waals surface area contributed by atoms with E-state index in [0.717, 1.165) is 43.7 Å². The number of anilines is 1. The van der Waals surface area contributed by atoms with Crippen LogP contribution < -0.4 is 16.8 Å². The quantitative estimate of drug-likeness (QED) is 0.744. The van der Waals surface area contributed by atoms with Crippen molar-refractivity contribution >= 4 is 17.5 Å². The number of carbonyl (C=O) groups excluding carboxylic acids is 2. The summed E-state index contributed by atoms with van der Waals surface area (Å²) >= 11 is 0. The molecule has 1 fully saturated rings. The second-order valence-corrected chi connectivity index (χ2v) is 5.95. The van der Waals surface area contributed by atoms with E-state index in [1.807, 2.05) is 24.3 Å². The van der Waals surface area contributed by atoms with Gasteiger partial charge in [-0.05, 0) is 44.0 Å². The molecule has 1 unspecified atom stereocenters. The number of primary amides is 1. The van der Waals surface area contributed by atoms with Gasteiger partial charge in [0.2, 0.25) is 11.8 Å². The number of piperidine rings is 1. The van der Waals surface area contributed by atoms with Crippen molar-refractivity contribution in [3.63, 3.8) is 0 Å². The maximum absolute atomic E-state index is 11.5. The highest BCUT2D eigenvalue weighted by molar-refractivity contribution is 5.94. The molecule has 0 bridgehead atoms. The Kier molecular flexibility index (Phi) is 5.51. The summed E-state index contributed by atoms with van der Waals surface area (Å²) in [6.45, 7) is 4.13. The molecular weight excluding hydrogens is 280 g/mol. The summed E-state index contributed by atoms with van der Waals surface area (Å²) in [5.41, 5.74) is 12.8. The normalized spacial score (nSPS) is 20.4. The van der Waals surface area contributed by atoms with E-state index in [9.17, 15) is 9.59 Å². The molecule has 2 rings (SSSR count). The summed E-state index contributed by atoms with van der Waals surface area (Å²) in [5.74, 6) is -0.454. The number of hydrogen-bond acceptors (Lipinski definition) is 4. The average Bonchev–Trinajstić information content (AvgIpc) is 2.49. The molecule has 22 heavy (non-hydrogen) atoms. The third-order valence-electron chi connectivity index (χ3n) is 3.95. The number of rotatable bonds is 5. The van der Waals surface area contributed by atoms with Crippen LogP contribution in [0.5, 0.6) is 0 Å². The van der Waals surface area contributed by atoms with Crippen LogP contribution in [0.25, 0.3) is 0 Å². The molecule has 0 saturated carbocycles. The number of hydrogen-bond donors (Lipinski definition) is 3. The van der Waals surface area contributed by atoms with Crippen LogP contribution >= 0.6 is 0 Å². The van der Waals surface area contributed by atoms with Crippen LogP contribution in [-0.4, -0.2) is 35.8 Å². The summed E-state index contributed by atoms with van der Waals surface area (Å²) in [5, 5.41) is 2.76. The lowest BCUT2D eigenvalue weighted by Crippen LogP contribution is -2.40. The zero-order valence-electron chi connectivity index (χ0n) is 12.9. The first-order valence-corrected chi connectivity index (χ1v) is 7.63. The number of amides is 2. The summed E-state index contributed by atoms with van der Waals surface area (Å²) in [7, 11) is 0. The van der Waals surface area contributed by atoms with E-state index in [4.69, 9.17) is 11.5 Å². The van der Waals surface area contributed by atoms with Gasteiger partial charge < -0.3 is 16.8 Å². The fourth-order valence-electron chi connectivity index (χ4n) is 2.64. The van der Waals surface area contributed by atoms with E-state index in [-0.39, 0.29) is 17.7 Å². The lowest BCUT2D eigenvalue weighted by molar-refractivity contribution is -0.123. The molecule has 2 amide bonds. The molecule has 1 aliphatic heterocycles. The predicted octanol–water partition coefficient (Wildman–Crippen LogP) is 0.670. The van der Waals surface area contributed by atoms with Gasteiger partial charge in [0.05, 0.1) is 12.0 Å². The number of nitrogens with two attached hydrogens (primary N) is 2. The number of carbonyl (C=O) groups is 2. The fourth-order valence-corrected chi connectivity index (χ4v) is 2.64. The first kappa shape index (κ1) is 16.5. The van der Waals surface area contributed by atoms with Gasteiger partial charge in [0.15, 0.2) is 0 Å². The SMILES string of the molecule is C[C@@H](N)C(=O)Nc1ccc(CN2CCCC(C(N)=O)C2)cc1. The largest absolute Gasteiger partial charge is 0.369 e. The number of benzene rings is 1. The molecule has 1 saturated heterocycles. The molecule has 1 aromatic carbocycles. The monoisotopic (exact) mass is 304 g/mol. The van der Waals surface area contributed by atoms with Gasteiger partial charge in [0.25, 0.3) is 0 Å². The van der Waals surface area contributed by atoms with Crippen molar-refractivity contribution in [1.82, 2.24) is 4.90 Å². The minimum absolute atomic E-state index is 0.0432. The van der Waals surface area contributed by atoms with Gasteiger partial charge in [0.1, 0.15) is 0 Å². The highest BCUT2D eigenvalue weighted by atomic mass is 16.2. The topological polar surface area (TPSA) is 101 Å². The molecule has 6 nitrogen and oxygen atoms in total. The molecule has 120 valence electrons. The maximum Gasteiger partial charge on any atom is 0.240 e. The van der Waals surface area contributed by atoms with Crippen LogP contribution in [0.3, 0.4) is 0 Å². The van der Waals surface area contributed by atoms with E-state index in [0.29, 0.717) is 0 Å². The van der Waals surface area contributed by atoms with Crippen LogP contribution in [-0.2, 0) is 16.1 Å². The van der Waals surface area contributed by atoms with E-state index < -0.39 is 6.04 Å². The smallest absolute Gasteiger partial charge is 0.240 e. The molecule has 0 aromatic heterocycles. The van der Waals surface area contributed by atoms with Crippen molar-refractivity contribution in [2.75, 3.05) is 18.4 Å². The Hall–Kier alpha value is -1.92. The van der Waals surface area contributed by atoms with Gasteiger partial charge in [-0.15, -0.1) is 0 Å². The van der Waals surface area contributed by atoms with Crippen molar-refractivity contribution in [1.29, 1.82) is 0 Å². The summed E-state index contributed by atoms with van der Waals surface area (Å²) in [4.78, 5) is 25.1. The van der Waals surface area contributed by atoms with Crippen molar-refractivity contribution in [2.45, 2.75) is 32.4 Å². The minimum atomic E-state index is -0.529. The Bertz CT molecular complexity index is 527. The Morgan fingerprint density at radius 3 is 2.64 bits per heavy atom. The van der Waals surface area contributed by atoms with Crippen molar-refractivity contribution in [3.8, 4) is 0 Å². The first-order valence-electron chi connectivity index (χ1n) is 7.63. The minimum Gasteiger partial charge on any atom is -0.369 e. The molecule has 5 N–H and O–H groups in total. The Morgan fingerprint density at radius 1 is 1.36 bits per heavy atom. The predicted molar refractivity (Wildman–Crippen MR) is 85.9 cm³/mol.